The number of carbonyl (C=O) groups excluding carboxylic acids is 3. The highest BCUT2D eigenvalue weighted by Crippen LogP contribution is 2.65. The summed E-state index contributed by atoms with van der Waals surface area (Å²) in [6.07, 6.45) is -4.04. The minimum Gasteiger partial charge on any atom is -0.351 e. The Morgan fingerprint density at radius 1 is 1.33 bits per heavy atom. The van der Waals surface area contributed by atoms with Crippen LogP contribution in [0.4, 0.5) is 18.9 Å². The number of fused-ring (bicyclic) bond motifs is 5. The lowest BCUT2D eigenvalue weighted by atomic mass is 9.68. The van der Waals surface area contributed by atoms with E-state index in [-0.39, 0.29) is 18.0 Å². The molecule has 11 heteroatoms. The molecule has 1 aromatic carbocycles. The van der Waals surface area contributed by atoms with Gasteiger partial charge in [-0.15, -0.1) is 0 Å². The molecule has 0 spiro atoms. The molecule has 7 nitrogen and oxygen atoms in total. The summed E-state index contributed by atoms with van der Waals surface area (Å²) in [6.45, 7) is 3.97. The molecule has 0 saturated carbocycles. The SMILES string of the molecule is CCCN(C)C(=O)[C@@H]1C[C@@]2(C)O[C@]1(Cl)[C@@H]1C(=O)N(c3ccc(C#N)c(C(F)(F)F)c3)C(=O)[C@@H]12. The first-order chi connectivity index (χ1) is 15.3. The average molecular weight is 484 g/mol. The number of nitriles is 1. The second-order valence-corrected chi connectivity index (χ2v) is 9.53. The van der Waals surface area contributed by atoms with Gasteiger partial charge < -0.3 is 9.64 Å². The molecular formula is C22H21ClF3N3O4. The van der Waals surface area contributed by atoms with Crippen molar-refractivity contribution in [1.29, 1.82) is 5.26 Å². The molecular weight excluding hydrogens is 463 g/mol. The lowest BCUT2D eigenvalue weighted by Gasteiger charge is -2.34. The molecule has 0 N–H and O–H groups in total. The van der Waals surface area contributed by atoms with Gasteiger partial charge in [-0.25, -0.2) is 4.90 Å². The molecule has 4 rings (SSSR count). The van der Waals surface area contributed by atoms with Gasteiger partial charge in [0.25, 0.3) is 0 Å². The number of hydrogen-bond acceptors (Lipinski definition) is 5. The molecule has 0 unspecified atom stereocenters. The van der Waals surface area contributed by atoms with Crippen LogP contribution < -0.4 is 4.90 Å². The van der Waals surface area contributed by atoms with E-state index in [0.717, 1.165) is 12.1 Å². The molecule has 3 amide bonds. The van der Waals surface area contributed by atoms with Crippen molar-refractivity contribution >= 4 is 35.0 Å². The fourth-order valence-electron chi connectivity index (χ4n) is 5.39. The molecule has 2 bridgehead atoms. The van der Waals surface area contributed by atoms with Gasteiger partial charge >= 0.3 is 6.18 Å². The molecule has 3 fully saturated rings. The third-order valence-electron chi connectivity index (χ3n) is 6.78. The summed E-state index contributed by atoms with van der Waals surface area (Å²) in [6, 6.07) is 4.11. The Labute approximate surface area is 193 Å². The van der Waals surface area contributed by atoms with Crippen molar-refractivity contribution in [3.05, 3.63) is 29.3 Å². The molecule has 0 aliphatic carbocycles. The van der Waals surface area contributed by atoms with E-state index in [9.17, 15) is 27.6 Å². The highest BCUT2D eigenvalue weighted by molar-refractivity contribution is 6.32. The Morgan fingerprint density at radius 3 is 2.55 bits per heavy atom. The number of carbonyl (C=O) groups is 3. The Bertz CT molecular complexity index is 1100. The molecule has 176 valence electrons. The van der Waals surface area contributed by atoms with E-state index in [1.807, 2.05) is 6.92 Å². The van der Waals surface area contributed by atoms with Crippen molar-refractivity contribution in [2.24, 2.45) is 17.8 Å². The Balaban J connectivity index is 1.74. The zero-order valence-electron chi connectivity index (χ0n) is 18.1. The number of benzene rings is 1. The fraction of sp³-hybridized carbons (Fsp3) is 0.545. The molecule has 33 heavy (non-hydrogen) atoms. The molecule has 0 radical (unpaired) electrons. The first kappa shape index (κ1) is 23.5. The van der Waals surface area contributed by atoms with Crippen LogP contribution in [-0.4, -0.2) is 46.9 Å². The Hall–Kier alpha value is -2.64. The van der Waals surface area contributed by atoms with Crippen molar-refractivity contribution in [3.63, 3.8) is 0 Å². The van der Waals surface area contributed by atoms with Gasteiger partial charge in [-0.1, -0.05) is 18.5 Å². The van der Waals surface area contributed by atoms with Crippen LogP contribution in [0.3, 0.4) is 0 Å². The van der Waals surface area contributed by atoms with E-state index in [1.54, 1.807) is 14.0 Å². The topological polar surface area (TPSA) is 90.7 Å². The maximum Gasteiger partial charge on any atom is 0.417 e. The molecule has 3 saturated heterocycles. The second-order valence-electron chi connectivity index (χ2n) is 8.94. The molecule has 3 heterocycles. The van der Waals surface area contributed by atoms with Crippen LogP contribution in [0.2, 0.25) is 0 Å². The highest BCUT2D eigenvalue weighted by atomic mass is 35.5. The summed E-state index contributed by atoms with van der Waals surface area (Å²) in [7, 11) is 1.61. The summed E-state index contributed by atoms with van der Waals surface area (Å²) < 4.78 is 46.3. The molecule has 1 aromatic rings. The fourth-order valence-corrected chi connectivity index (χ4v) is 5.96. The first-order valence-corrected chi connectivity index (χ1v) is 10.8. The van der Waals surface area contributed by atoms with Crippen LogP contribution in [0.15, 0.2) is 18.2 Å². The average Bonchev–Trinajstić information content (AvgIpc) is 3.27. The standard InChI is InChI=1S/C22H21ClF3N3O4/c1-4-7-28(3)17(30)14-9-20(2)15-16(21(14,23)33-20)19(32)29(18(15)31)12-6-5-11(10-27)13(8-12)22(24,25)26/h5-6,8,14-16H,4,7,9H2,1-3H3/t14-,15+,16-,20+,21-/m0/s1. The van der Waals surface area contributed by atoms with Gasteiger partial charge in [-0.3, -0.25) is 14.4 Å². The van der Waals surface area contributed by atoms with Crippen LogP contribution >= 0.6 is 11.6 Å². The van der Waals surface area contributed by atoms with Gasteiger partial charge in [0.2, 0.25) is 17.7 Å². The maximum atomic E-state index is 13.4. The number of anilines is 1. The van der Waals surface area contributed by atoms with Crippen molar-refractivity contribution in [3.8, 4) is 6.07 Å². The summed E-state index contributed by atoms with van der Waals surface area (Å²) in [4.78, 5) is 41.9. The monoisotopic (exact) mass is 483 g/mol. The molecule has 3 aliphatic rings. The quantitative estimate of drug-likeness (QED) is 0.484. The van der Waals surface area contributed by atoms with Crippen molar-refractivity contribution < 1.29 is 32.3 Å². The molecule has 3 aliphatic heterocycles. The third kappa shape index (κ3) is 3.24. The van der Waals surface area contributed by atoms with Crippen LogP contribution in [-0.2, 0) is 25.3 Å². The summed E-state index contributed by atoms with van der Waals surface area (Å²) in [5, 5.41) is 7.24. The first-order valence-electron chi connectivity index (χ1n) is 10.4. The van der Waals surface area contributed by atoms with E-state index in [4.69, 9.17) is 21.6 Å². The number of nitrogens with zero attached hydrogens (tertiary/aromatic N) is 3. The van der Waals surface area contributed by atoms with Gasteiger partial charge in [0.05, 0.1) is 46.2 Å². The van der Waals surface area contributed by atoms with E-state index in [1.165, 1.54) is 11.0 Å². The highest BCUT2D eigenvalue weighted by Gasteiger charge is 2.78. The molecule has 5 atom stereocenters. The van der Waals surface area contributed by atoms with E-state index in [2.05, 4.69) is 0 Å². The van der Waals surface area contributed by atoms with Crippen LogP contribution in [0.5, 0.6) is 0 Å². The van der Waals surface area contributed by atoms with Gasteiger partial charge in [-0.05, 0) is 38.0 Å². The Morgan fingerprint density at radius 2 is 1.97 bits per heavy atom. The van der Waals surface area contributed by atoms with Gasteiger partial charge in [0.15, 0.2) is 5.06 Å². The smallest absolute Gasteiger partial charge is 0.351 e. The molecule has 0 aromatic heterocycles. The van der Waals surface area contributed by atoms with Crippen molar-refractivity contribution in [2.45, 2.75) is 43.5 Å². The normalized spacial score (nSPS) is 32.8. The lowest BCUT2D eigenvalue weighted by molar-refractivity contribution is -0.140. The van der Waals surface area contributed by atoms with E-state index < -0.39 is 57.5 Å². The van der Waals surface area contributed by atoms with Crippen molar-refractivity contribution in [2.75, 3.05) is 18.5 Å². The minimum absolute atomic E-state index is 0.110. The van der Waals surface area contributed by atoms with Crippen LogP contribution in [0.1, 0.15) is 37.8 Å². The van der Waals surface area contributed by atoms with Crippen LogP contribution in [0.25, 0.3) is 0 Å². The van der Waals surface area contributed by atoms with Gasteiger partial charge in [0.1, 0.15) is 0 Å². The Kier molecular flexibility index (Phi) is 5.30. The second kappa shape index (κ2) is 7.43. The predicted molar refractivity (Wildman–Crippen MR) is 110 cm³/mol. The summed E-state index contributed by atoms with van der Waals surface area (Å²) in [5.41, 5.74) is -3.40. The largest absolute Gasteiger partial charge is 0.417 e. The van der Waals surface area contributed by atoms with E-state index in [0.29, 0.717) is 23.9 Å². The van der Waals surface area contributed by atoms with Crippen LogP contribution in [0, 0.1) is 29.1 Å². The van der Waals surface area contributed by atoms with Gasteiger partial charge in [0, 0.05) is 13.6 Å². The summed E-state index contributed by atoms with van der Waals surface area (Å²) >= 11 is 6.76. The zero-order chi connectivity index (χ0) is 24.5. The minimum atomic E-state index is -4.86. The third-order valence-corrected chi connectivity index (χ3v) is 7.36. The summed E-state index contributed by atoms with van der Waals surface area (Å²) in [5.74, 6) is -5.01. The predicted octanol–water partition coefficient (Wildman–Crippen LogP) is 3.29. The number of hydrogen-bond donors (Lipinski definition) is 0. The lowest BCUT2D eigenvalue weighted by Crippen LogP contribution is -2.50. The van der Waals surface area contributed by atoms with Gasteiger partial charge in [-0.2, -0.15) is 18.4 Å². The zero-order valence-corrected chi connectivity index (χ0v) is 18.8. The number of ether oxygens (including phenoxy) is 1. The van der Waals surface area contributed by atoms with Crippen molar-refractivity contribution in [1.82, 2.24) is 4.90 Å². The maximum absolute atomic E-state index is 13.4. The number of halogens is 4. The van der Waals surface area contributed by atoms with E-state index >= 15 is 0 Å². The number of rotatable bonds is 4. The number of alkyl halides is 4. The number of imide groups is 1. The number of amides is 3.